The quantitative estimate of drug-likeness (QED) is 0.143. The van der Waals surface area contributed by atoms with Crippen LogP contribution in [0.25, 0.3) is 0 Å². The Kier molecular flexibility index (Phi) is 7.83. The SMILES string of the molecule is CN1[C@H](CCC(=O)NOCc2ccccc2)[C@H]2C(=O)N(Cc3ccc4c(c3)OCO4)C(=O)[C@H]2[C@H]1c1ccc(C(=N)N)cc1. The minimum absolute atomic E-state index is 0.0513. The van der Waals surface area contributed by atoms with Gasteiger partial charge in [0.1, 0.15) is 5.84 Å². The molecule has 0 spiro atoms. The number of carbonyl (C=O) groups excluding carboxylic acids is 3. The molecule has 3 aliphatic rings. The van der Waals surface area contributed by atoms with Crippen LogP contribution in [0.3, 0.4) is 0 Å². The zero-order valence-electron chi connectivity index (χ0n) is 23.7. The Morgan fingerprint density at radius 2 is 1.70 bits per heavy atom. The summed E-state index contributed by atoms with van der Waals surface area (Å²) in [4.78, 5) is 49.4. The first-order valence-electron chi connectivity index (χ1n) is 14.2. The highest BCUT2D eigenvalue weighted by Crippen LogP contribution is 2.50. The molecule has 0 unspecified atom stereocenters. The lowest BCUT2D eigenvalue weighted by molar-refractivity contribution is -0.143. The molecule has 0 aromatic heterocycles. The molecule has 11 nitrogen and oxygen atoms in total. The lowest BCUT2D eigenvalue weighted by Gasteiger charge is -2.30. The second-order valence-corrected chi connectivity index (χ2v) is 11.1. The number of nitrogen functional groups attached to an aromatic ring is 1. The van der Waals surface area contributed by atoms with Crippen molar-refractivity contribution in [2.24, 2.45) is 17.6 Å². The van der Waals surface area contributed by atoms with Crippen molar-refractivity contribution < 1.29 is 28.7 Å². The van der Waals surface area contributed by atoms with Crippen molar-refractivity contribution in [3.05, 3.63) is 95.1 Å². The summed E-state index contributed by atoms with van der Waals surface area (Å²) in [5.74, 6) is -0.904. The molecular formula is C32H33N5O6. The van der Waals surface area contributed by atoms with Gasteiger partial charge in [-0.05, 0) is 42.3 Å². The number of likely N-dealkylation sites (tertiary alicyclic amines) is 2. The molecule has 2 saturated heterocycles. The number of benzene rings is 3. The summed E-state index contributed by atoms with van der Waals surface area (Å²) in [7, 11) is 1.89. The van der Waals surface area contributed by atoms with Crippen molar-refractivity contribution in [3.63, 3.8) is 0 Å². The molecule has 0 saturated carbocycles. The van der Waals surface area contributed by atoms with Crippen LogP contribution in [0.2, 0.25) is 0 Å². The van der Waals surface area contributed by atoms with Crippen LogP contribution in [0.5, 0.6) is 11.5 Å². The van der Waals surface area contributed by atoms with Gasteiger partial charge in [-0.15, -0.1) is 0 Å². The van der Waals surface area contributed by atoms with E-state index in [9.17, 15) is 14.4 Å². The molecule has 3 amide bonds. The van der Waals surface area contributed by atoms with E-state index in [-0.39, 0.29) is 56.0 Å². The van der Waals surface area contributed by atoms with Crippen LogP contribution in [0, 0.1) is 17.2 Å². The molecule has 3 heterocycles. The van der Waals surface area contributed by atoms with Gasteiger partial charge in [0.05, 0.1) is 25.0 Å². The van der Waals surface area contributed by atoms with E-state index in [0.717, 1.165) is 16.7 Å². The van der Waals surface area contributed by atoms with Crippen molar-refractivity contribution in [1.29, 1.82) is 5.41 Å². The summed E-state index contributed by atoms with van der Waals surface area (Å²) in [5, 5.41) is 7.73. The molecule has 3 aromatic carbocycles. The van der Waals surface area contributed by atoms with Gasteiger partial charge in [-0.1, -0.05) is 60.7 Å². The van der Waals surface area contributed by atoms with Crippen LogP contribution in [0.4, 0.5) is 0 Å². The normalized spacial score (nSPS) is 22.6. The maximum atomic E-state index is 14.0. The average Bonchev–Trinajstić information content (AvgIpc) is 3.66. The topological polar surface area (TPSA) is 147 Å². The molecule has 0 aliphatic carbocycles. The third-order valence-electron chi connectivity index (χ3n) is 8.48. The molecule has 4 N–H and O–H groups in total. The molecule has 6 rings (SSSR count). The van der Waals surface area contributed by atoms with Crippen molar-refractivity contribution in [3.8, 4) is 11.5 Å². The fourth-order valence-corrected chi connectivity index (χ4v) is 6.39. The van der Waals surface area contributed by atoms with Crippen LogP contribution in [-0.4, -0.2) is 53.2 Å². The van der Waals surface area contributed by atoms with Crippen LogP contribution in [0.1, 0.15) is 41.1 Å². The Morgan fingerprint density at radius 1 is 0.977 bits per heavy atom. The predicted octanol–water partition coefficient (Wildman–Crippen LogP) is 2.88. The summed E-state index contributed by atoms with van der Waals surface area (Å²) in [5.41, 5.74) is 11.3. The van der Waals surface area contributed by atoms with Crippen molar-refractivity contribution >= 4 is 23.6 Å². The number of carbonyl (C=O) groups is 3. The van der Waals surface area contributed by atoms with Gasteiger partial charge in [-0.3, -0.25) is 34.4 Å². The van der Waals surface area contributed by atoms with Crippen molar-refractivity contribution in [2.45, 2.75) is 38.1 Å². The van der Waals surface area contributed by atoms with Crippen LogP contribution < -0.4 is 20.7 Å². The number of hydroxylamine groups is 1. The summed E-state index contributed by atoms with van der Waals surface area (Å²) in [6, 6.07) is 21.3. The molecule has 2 fully saturated rings. The fourth-order valence-electron chi connectivity index (χ4n) is 6.39. The molecule has 3 aliphatic heterocycles. The third-order valence-corrected chi connectivity index (χ3v) is 8.48. The lowest BCUT2D eigenvalue weighted by Crippen LogP contribution is -2.40. The van der Waals surface area contributed by atoms with Gasteiger partial charge in [0, 0.05) is 24.1 Å². The molecule has 3 aromatic rings. The molecule has 222 valence electrons. The number of rotatable bonds is 10. The number of nitrogens with one attached hydrogen (secondary N) is 2. The second-order valence-electron chi connectivity index (χ2n) is 11.1. The first-order valence-corrected chi connectivity index (χ1v) is 14.2. The highest BCUT2D eigenvalue weighted by Gasteiger charge is 2.61. The van der Waals surface area contributed by atoms with E-state index in [1.54, 1.807) is 24.3 Å². The smallest absolute Gasteiger partial charge is 0.243 e. The Hall–Kier alpha value is -4.74. The van der Waals surface area contributed by atoms with Gasteiger partial charge in [0.15, 0.2) is 11.5 Å². The van der Waals surface area contributed by atoms with Gasteiger partial charge in [-0.2, -0.15) is 0 Å². The highest BCUT2D eigenvalue weighted by molar-refractivity contribution is 6.06. The highest BCUT2D eigenvalue weighted by atomic mass is 16.7. The number of hydrogen-bond donors (Lipinski definition) is 3. The van der Waals surface area contributed by atoms with Gasteiger partial charge < -0.3 is 15.2 Å². The number of nitrogens with two attached hydrogens (primary N) is 1. The van der Waals surface area contributed by atoms with E-state index in [4.69, 9.17) is 25.5 Å². The Balaban J connectivity index is 1.21. The number of amides is 3. The van der Waals surface area contributed by atoms with E-state index in [2.05, 4.69) is 5.48 Å². The third kappa shape index (κ3) is 5.56. The minimum atomic E-state index is -0.628. The summed E-state index contributed by atoms with van der Waals surface area (Å²) in [6.45, 7) is 0.482. The van der Waals surface area contributed by atoms with Crippen LogP contribution in [0.15, 0.2) is 72.8 Å². The Labute approximate surface area is 249 Å². The first kappa shape index (κ1) is 28.4. The zero-order valence-corrected chi connectivity index (χ0v) is 23.7. The van der Waals surface area contributed by atoms with Gasteiger partial charge in [0.25, 0.3) is 0 Å². The molecule has 0 radical (unpaired) electrons. The van der Waals surface area contributed by atoms with Gasteiger partial charge in [0.2, 0.25) is 24.5 Å². The largest absolute Gasteiger partial charge is 0.454 e. The molecule has 0 bridgehead atoms. The summed E-state index contributed by atoms with van der Waals surface area (Å²) < 4.78 is 10.9. The van der Waals surface area contributed by atoms with E-state index >= 15 is 0 Å². The minimum Gasteiger partial charge on any atom is -0.454 e. The fraction of sp³-hybridized carbons (Fsp3) is 0.312. The predicted molar refractivity (Wildman–Crippen MR) is 155 cm³/mol. The van der Waals surface area contributed by atoms with Crippen molar-refractivity contribution in [1.82, 2.24) is 15.3 Å². The number of fused-ring (bicyclic) bond motifs is 2. The van der Waals surface area contributed by atoms with E-state index in [1.807, 2.05) is 60.5 Å². The number of nitrogens with zero attached hydrogens (tertiary/aromatic N) is 2. The maximum Gasteiger partial charge on any atom is 0.243 e. The molecular weight excluding hydrogens is 550 g/mol. The maximum absolute atomic E-state index is 14.0. The number of hydrogen-bond acceptors (Lipinski definition) is 8. The molecule has 11 heteroatoms. The lowest BCUT2D eigenvalue weighted by atomic mass is 9.85. The van der Waals surface area contributed by atoms with E-state index < -0.39 is 17.9 Å². The van der Waals surface area contributed by atoms with Gasteiger partial charge in [-0.25, -0.2) is 5.48 Å². The number of amidine groups is 1. The van der Waals surface area contributed by atoms with Crippen LogP contribution >= 0.6 is 0 Å². The summed E-state index contributed by atoms with van der Waals surface area (Å²) >= 11 is 0. The van der Waals surface area contributed by atoms with Crippen molar-refractivity contribution in [2.75, 3.05) is 13.8 Å². The van der Waals surface area contributed by atoms with E-state index in [0.29, 0.717) is 23.5 Å². The zero-order chi connectivity index (χ0) is 30.1. The first-order chi connectivity index (χ1) is 20.8. The monoisotopic (exact) mass is 583 g/mol. The molecule has 43 heavy (non-hydrogen) atoms. The second kappa shape index (κ2) is 11.9. The van der Waals surface area contributed by atoms with Crippen LogP contribution in [-0.2, 0) is 32.4 Å². The average molecular weight is 584 g/mol. The number of ether oxygens (including phenoxy) is 2. The van der Waals surface area contributed by atoms with Gasteiger partial charge >= 0.3 is 0 Å². The van der Waals surface area contributed by atoms with E-state index in [1.165, 1.54) is 4.90 Å². The Bertz CT molecular complexity index is 1550. The standard InChI is InChI=1S/C32H33N5O6/c1-36-23(12-14-26(38)35-43-17-19-5-3-2-4-6-19)27-28(29(36)21-8-10-22(11-9-21)30(33)34)32(40)37(31(27)39)16-20-7-13-24-25(15-20)42-18-41-24/h2-11,13,15,23,27-29H,12,14,16-18H2,1H3,(H3,33,34)(H,35,38)/t23-,27-,28-,29-/m1/s1. The Morgan fingerprint density at radius 3 is 2.44 bits per heavy atom. The molecule has 4 atom stereocenters. The summed E-state index contributed by atoms with van der Waals surface area (Å²) in [6.07, 6.45) is 0.476. The number of imide groups is 1.